The van der Waals surface area contributed by atoms with E-state index in [-0.39, 0.29) is 0 Å². The summed E-state index contributed by atoms with van der Waals surface area (Å²) in [6.45, 7) is 0. The summed E-state index contributed by atoms with van der Waals surface area (Å²) in [6, 6.07) is 17.2. The highest BCUT2D eigenvalue weighted by Crippen LogP contribution is 2.07. The van der Waals surface area contributed by atoms with Crippen molar-refractivity contribution in [3.05, 3.63) is 71.8 Å². The summed E-state index contributed by atoms with van der Waals surface area (Å²) in [6.07, 6.45) is 1.89. The highest BCUT2D eigenvalue weighted by Gasteiger charge is 2.16. The van der Waals surface area contributed by atoms with Crippen molar-refractivity contribution in [1.29, 1.82) is 11.1 Å². The second-order valence-corrected chi connectivity index (χ2v) is 4.18. The van der Waals surface area contributed by atoms with E-state index in [4.69, 9.17) is 11.1 Å². The zero-order valence-electron chi connectivity index (χ0n) is 13.7. The van der Waals surface area contributed by atoms with Gasteiger partial charge in [-0.25, -0.2) is 11.1 Å². The van der Waals surface area contributed by atoms with Crippen molar-refractivity contribution >= 4 is 24.2 Å². The Morgan fingerprint density at radius 2 is 1.00 bits per heavy atom. The topological polar surface area (TPSA) is 183 Å². The minimum Gasteiger partial charge on any atom is -0.322 e. The lowest BCUT2D eigenvalue weighted by molar-refractivity contribution is 0.0817. The van der Waals surface area contributed by atoms with Crippen LogP contribution in [0.3, 0.4) is 0 Å². The molecule has 10 nitrogen and oxygen atoms in total. The second-order valence-electron chi connectivity index (χ2n) is 4.18. The van der Waals surface area contributed by atoms with Gasteiger partial charge in [0.1, 0.15) is 0 Å². The Labute approximate surface area is 149 Å². The van der Waals surface area contributed by atoms with Gasteiger partial charge < -0.3 is 11.7 Å². The lowest BCUT2D eigenvalue weighted by Gasteiger charge is -1.99. The average Bonchev–Trinajstić information content (AvgIpc) is 2.70. The molecule has 6 N–H and O–H groups in total. The van der Waals surface area contributed by atoms with Crippen LogP contribution >= 0.6 is 0 Å². The van der Waals surface area contributed by atoms with Crippen molar-refractivity contribution < 1.29 is 9.59 Å². The predicted molar refractivity (Wildman–Crippen MR) is 97.2 cm³/mol. The molecule has 0 amide bonds. The highest BCUT2D eigenvalue weighted by atomic mass is 16.2. The average molecular weight is 354 g/mol. The molecule has 0 saturated carbocycles. The first-order valence-corrected chi connectivity index (χ1v) is 6.98. The molecule has 0 fully saturated rings. The number of carbonyl (C=O) groups is 2. The minimum atomic E-state index is -0.466. The normalized spacial score (nSPS) is 9.38. The SMILES string of the molecule is N=NC=NN.N=NC=NN.O=C(C(=O)c1ccccc1)c1ccccc1. The van der Waals surface area contributed by atoms with Crippen molar-refractivity contribution in [2.75, 3.05) is 0 Å². The van der Waals surface area contributed by atoms with E-state index in [2.05, 4.69) is 32.1 Å². The maximum absolute atomic E-state index is 11.8. The molecule has 2 rings (SSSR count). The number of nitrogens with zero attached hydrogens (tertiary/aromatic N) is 4. The van der Waals surface area contributed by atoms with E-state index in [9.17, 15) is 9.59 Å². The van der Waals surface area contributed by atoms with Crippen molar-refractivity contribution in [3.8, 4) is 0 Å². The molecule has 0 spiro atoms. The number of rotatable bonds is 5. The molecule has 0 bridgehead atoms. The Balaban J connectivity index is 0.000000520. The summed E-state index contributed by atoms with van der Waals surface area (Å²) in [7, 11) is 0. The number of Topliss-reactive ketones (excluding diaryl/α,β-unsaturated/α-hetero) is 2. The third-order valence-corrected chi connectivity index (χ3v) is 2.53. The van der Waals surface area contributed by atoms with Crippen LogP contribution in [0, 0.1) is 11.1 Å². The number of benzene rings is 2. The van der Waals surface area contributed by atoms with Crippen molar-refractivity contribution in [2.45, 2.75) is 0 Å². The van der Waals surface area contributed by atoms with Crippen LogP contribution in [0.1, 0.15) is 20.7 Å². The van der Waals surface area contributed by atoms with Crippen LogP contribution in [0.25, 0.3) is 0 Å². The number of ketones is 2. The fraction of sp³-hybridized carbons (Fsp3) is 0. The van der Waals surface area contributed by atoms with Crippen molar-refractivity contribution in [1.82, 2.24) is 0 Å². The van der Waals surface area contributed by atoms with Gasteiger partial charge >= 0.3 is 0 Å². The fourth-order valence-corrected chi connectivity index (χ4v) is 1.51. The molecular formula is C16H18N8O2. The zero-order valence-corrected chi connectivity index (χ0v) is 13.7. The van der Waals surface area contributed by atoms with Gasteiger partial charge in [0.25, 0.3) is 0 Å². The van der Waals surface area contributed by atoms with Gasteiger partial charge in [-0.15, -0.1) is 10.2 Å². The Bertz CT molecular complexity index is 680. The zero-order chi connectivity index (χ0) is 19.6. The maximum Gasteiger partial charge on any atom is 0.233 e. The molecule has 134 valence electrons. The first-order valence-electron chi connectivity index (χ1n) is 6.98. The van der Waals surface area contributed by atoms with Gasteiger partial charge in [-0.2, -0.15) is 10.2 Å². The van der Waals surface area contributed by atoms with Crippen molar-refractivity contribution in [3.63, 3.8) is 0 Å². The summed E-state index contributed by atoms with van der Waals surface area (Å²) < 4.78 is 0. The van der Waals surface area contributed by atoms with Crippen molar-refractivity contribution in [2.24, 2.45) is 32.1 Å². The molecule has 0 unspecified atom stereocenters. The largest absolute Gasteiger partial charge is 0.322 e. The predicted octanol–water partition coefficient (Wildman–Crippen LogP) is 2.59. The smallest absolute Gasteiger partial charge is 0.233 e. The third-order valence-electron chi connectivity index (χ3n) is 2.53. The Kier molecular flexibility index (Phi) is 12.2. The van der Waals surface area contributed by atoms with Gasteiger partial charge in [0.2, 0.25) is 11.6 Å². The number of hydrogen-bond acceptors (Lipinski definition) is 8. The molecule has 0 saturated heterocycles. The van der Waals surface area contributed by atoms with Gasteiger partial charge in [0, 0.05) is 11.1 Å². The van der Waals surface area contributed by atoms with E-state index >= 15 is 0 Å². The lowest BCUT2D eigenvalue weighted by Crippen LogP contribution is -2.14. The number of nitrogens with two attached hydrogens (primary N) is 2. The summed E-state index contributed by atoms with van der Waals surface area (Å²) in [5.74, 6) is 8.06. The van der Waals surface area contributed by atoms with Gasteiger partial charge in [-0.05, 0) is 0 Å². The van der Waals surface area contributed by atoms with Crippen LogP contribution in [0.4, 0.5) is 0 Å². The molecule has 2 aromatic carbocycles. The van der Waals surface area contributed by atoms with Crippen LogP contribution in [-0.4, -0.2) is 24.2 Å². The number of carbonyl (C=O) groups excluding carboxylic acids is 2. The molecule has 0 aromatic heterocycles. The van der Waals surface area contributed by atoms with Gasteiger partial charge in [-0.1, -0.05) is 60.7 Å². The van der Waals surface area contributed by atoms with Crippen LogP contribution in [0.5, 0.6) is 0 Å². The summed E-state index contributed by atoms with van der Waals surface area (Å²) >= 11 is 0. The summed E-state index contributed by atoms with van der Waals surface area (Å²) in [5.41, 5.74) is 12.9. The molecule has 0 aliphatic rings. The highest BCUT2D eigenvalue weighted by molar-refractivity contribution is 6.49. The molecule has 0 aliphatic carbocycles. The Morgan fingerprint density at radius 3 is 1.19 bits per heavy atom. The molecule has 10 heteroatoms. The molecule has 0 aliphatic heterocycles. The van der Waals surface area contributed by atoms with E-state index in [0.717, 1.165) is 12.7 Å². The van der Waals surface area contributed by atoms with Crippen LogP contribution in [-0.2, 0) is 0 Å². The second kappa shape index (κ2) is 14.5. The Hall–Kier alpha value is -4.08. The van der Waals surface area contributed by atoms with Crippen LogP contribution in [0.2, 0.25) is 0 Å². The first-order chi connectivity index (χ1) is 12.6. The molecule has 0 heterocycles. The molecule has 0 atom stereocenters. The van der Waals surface area contributed by atoms with Gasteiger partial charge in [-0.3, -0.25) is 9.59 Å². The molecular weight excluding hydrogens is 336 g/mol. The molecule has 0 radical (unpaired) electrons. The third kappa shape index (κ3) is 9.15. The number of hydrazone groups is 2. The molecule has 26 heavy (non-hydrogen) atoms. The fourth-order valence-electron chi connectivity index (χ4n) is 1.51. The van der Waals surface area contributed by atoms with E-state index in [1.54, 1.807) is 48.5 Å². The number of hydrogen-bond donors (Lipinski definition) is 4. The van der Waals surface area contributed by atoms with Gasteiger partial charge in [0.15, 0.2) is 12.7 Å². The Morgan fingerprint density at radius 1 is 0.692 bits per heavy atom. The number of nitrogens with one attached hydrogen (secondary N) is 2. The lowest BCUT2D eigenvalue weighted by atomic mass is 10.0. The standard InChI is InChI=1S/C14H10O2.2CH4N4/c15-13(11-7-3-1-4-8-11)14(16)12-9-5-2-6-10-12;2*2-4-1-5-3/h1-10H;2*1-2H,3H2. The maximum atomic E-state index is 11.8. The molecule has 2 aromatic rings. The monoisotopic (exact) mass is 354 g/mol. The summed E-state index contributed by atoms with van der Waals surface area (Å²) in [5, 5.41) is 11.1. The summed E-state index contributed by atoms with van der Waals surface area (Å²) in [4.78, 5) is 23.6. The van der Waals surface area contributed by atoms with E-state index in [1.165, 1.54) is 0 Å². The van der Waals surface area contributed by atoms with E-state index < -0.39 is 11.6 Å². The minimum absolute atomic E-state index is 0.427. The van der Waals surface area contributed by atoms with E-state index in [1.807, 2.05) is 12.1 Å². The van der Waals surface area contributed by atoms with Crippen LogP contribution < -0.4 is 11.7 Å². The van der Waals surface area contributed by atoms with Crippen LogP contribution in [0.15, 0.2) is 81.1 Å². The quantitative estimate of drug-likeness (QED) is 0.122. The van der Waals surface area contributed by atoms with E-state index in [0.29, 0.717) is 11.1 Å². The first kappa shape index (κ1) is 21.9. The van der Waals surface area contributed by atoms with Gasteiger partial charge in [0.05, 0.1) is 0 Å².